The summed E-state index contributed by atoms with van der Waals surface area (Å²) in [5, 5.41) is 31.2. The number of hydrogen-bond donors (Lipinski definition) is 5. The van der Waals surface area contributed by atoms with Crippen molar-refractivity contribution >= 4 is 46.8 Å². The lowest BCUT2D eigenvalue weighted by atomic mass is 9.88. The number of aromatic hydroxyl groups is 1. The maximum absolute atomic E-state index is 13.2. The van der Waals surface area contributed by atoms with E-state index in [0.717, 1.165) is 37.0 Å². The maximum atomic E-state index is 13.2. The van der Waals surface area contributed by atoms with Crippen molar-refractivity contribution in [2.24, 2.45) is 11.8 Å². The lowest BCUT2D eigenvalue weighted by molar-refractivity contribution is -0.156. The molecule has 1 aromatic carbocycles. The Hall–Kier alpha value is -3.87. The van der Waals surface area contributed by atoms with Crippen LogP contribution in [0.15, 0.2) is 59.1 Å². The molecular weight excluding hydrogens is 658 g/mol. The van der Waals surface area contributed by atoms with Crippen molar-refractivity contribution in [2.45, 2.75) is 108 Å². The second kappa shape index (κ2) is 18.9. The highest BCUT2D eigenvalue weighted by Crippen LogP contribution is 2.44. The number of esters is 1. The fourth-order valence-corrected chi connectivity index (χ4v) is 7.39. The zero-order valence-corrected chi connectivity index (χ0v) is 30.2. The highest BCUT2D eigenvalue weighted by atomic mass is 32.2. The van der Waals surface area contributed by atoms with Crippen LogP contribution < -0.4 is 16.0 Å². The normalized spacial score (nSPS) is 27.8. The van der Waals surface area contributed by atoms with Crippen LogP contribution in [0.25, 0.3) is 0 Å². The van der Waals surface area contributed by atoms with Gasteiger partial charge in [0.1, 0.15) is 17.9 Å². The predicted molar refractivity (Wildman–Crippen MR) is 195 cm³/mol. The molecule has 50 heavy (non-hydrogen) atoms. The molecular formula is C38H51N3O8S. The molecule has 4 rings (SSSR count). The van der Waals surface area contributed by atoms with Gasteiger partial charge in [0.25, 0.3) is 0 Å². The molecule has 2 heterocycles. The number of benzene rings is 1. The molecule has 2 aliphatic heterocycles. The summed E-state index contributed by atoms with van der Waals surface area (Å²) < 4.78 is 11.4. The third-order valence-electron chi connectivity index (χ3n) is 9.46. The molecule has 1 aliphatic carbocycles. The van der Waals surface area contributed by atoms with Crippen LogP contribution in [0.3, 0.4) is 0 Å². The smallest absolute Gasteiger partial charge is 0.328 e. The highest BCUT2D eigenvalue weighted by Gasteiger charge is 2.31. The lowest BCUT2D eigenvalue weighted by Gasteiger charge is -2.29. The molecule has 272 valence electrons. The number of aliphatic hydroxyl groups excluding tert-OH is 1. The molecule has 3 aliphatic rings. The van der Waals surface area contributed by atoms with Crippen LogP contribution in [-0.4, -0.2) is 71.1 Å². The van der Waals surface area contributed by atoms with Crippen LogP contribution in [0.5, 0.6) is 5.75 Å². The SMILES string of the molecule is COC1/C=C/C=C/C=C/CC(OC(=O)C(C)NC(=O)C2CCCCC2)C(C)C(O)/C(C)=C\CCc2c(O)c(cc3c2SCC(=O)N3)NC(=O)C1. The van der Waals surface area contributed by atoms with Crippen LogP contribution in [0.4, 0.5) is 11.4 Å². The number of nitrogens with one attached hydrogen (secondary N) is 3. The first-order chi connectivity index (χ1) is 24.0. The summed E-state index contributed by atoms with van der Waals surface area (Å²) >= 11 is 1.32. The van der Waals surface area contributed by atoms with Crippen LogP contribution in [-0.2, 0) is 35.1 Å². The standard InChI is InChI=1S/C38H51N3O8S/c1-23-14-13-18-28-35(45)29(21-30-36(28)50-22-33(43)41-30)40-32(42)20-27(48-4)17-11-6-5-7-12-19-31(24(2)34(23)44)49-38(47)25(3)39-37(46)26-15-9-8-10-16-26/h5-7,11-12,14,17,21,24-27,31,34,44-45H,8-10,13,15-16,18-20,22H2,1-4H3,(H,39,46)(H,40,42)(H,41,43)/b6-5+,12-7+,17-11+,23-14-. The third kappa shape index (κ3) is 10.8. The first-order valence-corrected chi connectivity index (χ1v) is 18.5. The molecule has 3 amide bonds. The fourth-order valence-electron chi connectivity index (χ4n) is 6.40. The van der Waals surface area contributed by atoms with Gasteiger partial charge in [-0.05, 0) is 51.2 Å². The van der Waals surface area contributed by atoms with Gasteiger partial charge in [0.05, 0.1) is 35.8 Å². The number of anilines is 2. The van der Waals surface area contributed by atoms with E-state index in [0.29, 0.717) is 36.1 Å². The van der Waals surface area contributed by atoms with Gasteiger partial charge in [-0.25, -0.2) is 4.79 Å². The van der Waals surface area contributed by atoms with E-state index in [-0.39, 0.29) is 47.3 Å². The van der Waals surface area contributed by atoms with E-state index in [1.165, 1.54) is 18.9 Å². The summed E-state index contributed by atoms with van der Waals surface area (Å²) in [5.74, 6) is -1.70. The van der Waals surface area contributed by atoms with Crippen LogP contribution in [0.2, 0.25) is 0 Å². The van der Waals surface area contributed by atoms with E-state index in [2.05, 4.69) is 16.0 Å². The zero-order valence-electron chi connectivity index (χ0n) is 29.4. The molecule has 12 heteroatoms. The summed E-state index contributed by atoms with van der Waals surface area (Å²) in [7, 11) is 1.50. The Morgan fingerprint density at radius 1 is 1.04 bits per heavy atom. The average molecular weight is 710 g/mol. The van der Waals surface area contributed by atoms with E-state index < -0.39 is 36.2 Å². The molecule has 2 bridgehead atoms. The van der Waals surface area contributed by atoms with Gasteiger partial charge in [0.15, 0.2) is 0 Å². The molecule has 5 N–H and O–H groups in total. The van der Waals surface area contributed by atoms with Gasteiger partial charge < -0.3 is 35.6 Å². The lowest BCUT2D eigenvalue weighted by Crippen LogP contribution is -2.45. The molecule has 0 saturated heterocycles. The summed E-state index contributed by atoms with van der Waals surface area (Å²) in [6, 6.07) is 0.728. The topological polar surface area (TPSA) is 163 Å². The summed E-state index contributed by atoms with van der Waals surface area (Å²) in [5.41, 5.74) is 1.94. The number of aliphatic hydroxyl groups is 1. The minimum atomic E-state index is -0.950. The number of rotatable bonds is 5. The number of allylic oxidation sites excluding steroid dienone is 5. The van der Waals surface area contributed by atoms with Crippen molar-refractivity contribution in [3.05, 3.63) is 59.7 Å². The molecule has 1 aromatic rings. The Balaban J connectivity index is 1.58. The number of methoxy groups -OCH3 is 1. The van der Waals surface area contributed by atoms with Crippen molar-refractivity contribution in [1.82, 2.24) is 5.32 Å². The molecule has 1 fully saturated rings. The molecule has 0 radical (unpaired) electrons. The number of thioether (sulfide) groups is 1. The molecule has 1 saturated carbocycles. The number of phenols is 1. The molecule has 0 spiro atoms. The van der Waals surface area contributed by atoms with Crippen molar-refractivity contribution < 1.29 is 38.9 Å². The summed E-state index contributed by atoms with van der Waals surface area (Å²) in [6.45, 7) is 5.25. The number of phenolic OH excluding ortho intramolecular Hbond substituents is 1. The third-order valence-corrected chi connectivity index (χ3v) is 10.6. The number of hydrogen-bond acceptors (Lipinski definition) is 9. The van der Waals surface area contributed by atoms with E-state index in [1.54, 1.807) is 44.2 Å². The van der Waals surface area contributed by atoms with Gasteiger partial charge in [-0.2, -0.15) is 0 Å². The molecule has 5 unspecified atom stereocenters. The van der Waals surface area contributed by atoms with Crippen LogP contribution >= 0.6 is 11.8 Å². The van der Waals surface area contributed by atoms with Crippen LogP contribution in [0.1, 0.15) is 77.7 Å². The number of carbonyl (C=O) groups excluding carboxylic acids is 4. The van der Waals surface area contributed by atoms with Gasteiger partial charge >= 0.3 is 5.97 Å². The number of ether oxygens (including phenoxy) is 2. The highest BCUT2D eigenvalue weighted by molar-refractivity contribution is 8.00. The second-order valence-electron chi connectivity index (χ2n) is 13.3. The number of carbonyl (C=O) groups is 4. The largest absolute Gasteiger partial charge is 0.505 e. The first-order valence-electron chi connectivity index (χ1n) is 17.5. The van der Waals surface area contributed by atoms with E-state index in [9.17, 15) is 29.4 Å². The number of amides is 3. The molecule has 5 atom stereocenters. The average Bonchev–Trinajstić information content (AvgIpc) is 3.10. The quantitative estimate of drug-likeness (QED) is 0.111. The Labute approximate surface area is 299 Å². The predicted octanol–water partition coefficient (Wildman–Crippen LogP) is 5.73. The Morgan fingerprint density at radius 3 is 2.50 bits per heavy atom. The monoisotopic (exact) mass is 709 g/mol. The van der Waals surface area contributed by atoms with Gasteiger partial charge in [-0.3, -0.25) is 14.4 Å². The van der Waals surface area contributed by atoms with Gasteiger partial charge in [0, 0.05) is 35.8 Å². The van der Waals surface area contributed by atoms with E-state index in [1.807, 2.05) is 25.2 Å². The summed E-state index contributed by atoms with van der Waals surface area (Å²) in [4.78, 5) is 52.0. The van der Waals surface area contributed by atoms with Crippen molar-refractivity contribution in [2.75, 3.05) is 23.5 Å². The van der Waals surface area contributed by atoms with Crippen molar-refractivity contribution in [3.8, 4) is 5.75 Å². The van der Waals surface area contributed by atoms with Gasteiger partial charge in [-0.1, -0.05) is 68.7 Å². The van der Waals surface area contributed by atoms with E-state index >= 15 is 0 Å². The minimum Gasteiger partial charge on any atom is -0.505 e. The summed E-state index contributed by atoms with van der Waals surface area (Å²) in [6.07, 6.45) is 16.4. The van der Waals surface area contributed by atoms with E-state index in [4.69, 9.17) is 9.47 Å². The van der Waals surface area contributed by atoms with Gasteiger partial charge in [-0.15, -0.1) is 11.8 Å². The van der Waals surface area contributed by atoms with Crippen molar-refractivity contribution in [3.63, 3.8) is 0 Å². The zero-order chi connectivity index (χ0) is 36.2. The maximum Gasteiger partial charge on any atom is 0.328 e. The Kier molecular flexibility index (Phi) is 14.7. The molecule has 11 nitrogen and oxygen atoms in total. The minimum absolute atomic E-state index is 0.00602. The van der Waals surface area contributed by atoms with Crippen LogP contribution in [0, 0.1) is 11.8 Å². The first kappa shape index (κ1) is 38.9. The van der Waals surface area contributed by atoms with Gasteiger partial charge in [0.2, 0.25) is 17.7 Å². The van der Waals surface area contributed by atoms with Crippen molar-refractivity contribution in [1.29, 1.82) is 0 Å². The molecule has 0 aromatic heterocycles. The Bertz CT molecular complexity index is 1510. The fraction of sp³-hybridized carbons (Fsp3) is 0.526. The second-order valence-corrected chi connectivity index (χ2v) is 14.2. The Morgan fingerprint density at radius 2 is 1.76 bits per heavy atom. The number of fused-ring (bicyclic) bond motifs is 4.